The number of carbonyl (C=O) groups excluding carboxylic acids is 1. The van der Waals surface area contributed by atoms with E-state index in [1.807, 2.05) is 6.92 Å². The number of hydrogen-bond donors (Lipinski definition) is 1. The van der Waals surface area contributed by atoms with Gasteiger partial charge >= 0.3 is 6.18 Å². The maximum absolute atomic E-state index is 12.5. The molecule has 6 heteroatoms. The lowest BCUT2D eigenvalue weighted by molar-refractivity contribution is -0.137. The Morgan fingerprint density at radius 2 is 2.00 bits per heavy atom. The van der Waals surface area contributed by atoms with Crippen molar-refractivity contribution < 1.29 is 18.0 Å². The Kier molecular flexibility index (Phi) is 4.56. The molecule has 1 rings (SSSR count). The predicted octanol–water partition coefficient (Wildman–Crippen LogP) is 4.21. The second kappa shape index (κ2) is 5.53. The Bertz CT molecular complexity index is 418. The number of alkyl halides is 3. The highest BCUT2D eigenvalue weighted by molar-refractivity contribution is 9.10. The van der Waals surface area contributed by atoms with Gasteiger partial charge in [0.2, 0.25) is 5.91 Å². The lowest BCUT2D eigenvalue weighted by atomic mass is 10.2. The molecular formula is C11H11BrF3NO. The van der Waals surface area contributed by atoms with Gasteiger partial charge in [-0.1, -0.05) is 22.9 Å². The Labute approximate surface area is 105 Å². The third-order valence-corrected chi connectivity index (χ3v) is 2.44. The number of rotatable bonds is 3. The van der Waals surface area contributed by atoms with Crippen LogP contribution in [0.15, 0.2) is 22.7 Å². The second-order valence-electron chi connectivity index (χ2n) is 3.52. The molecule has 94 valence electrons. The van der Waals surface area contributed by atoms with Gasteiger partial charge in [-0.15, -0.1) is 0 Å². The molecule has 0 saturated heterocycles. The normalized spacial score (nSPS) is 11.4. The number of halogens is 4. The van der Waals surface area contributed by atoms with Crippen molar-refractivity contribution >= 4 is 27.5 Å². The SMILES string of the molecule is CCCC(=O)Nc1cc(Br)cc(C(F)(F)F)c1. The van der Waals surface area contributed by atoms with Crippen molar-refractivity contribution in [3.63, 3.8) is 0 Å². The van der Waals surface area contributed by atoms with Crippen molar-refractivity contribution in [2.45, 2.75) is 25.9 Å². The highest BCUT2D eigenvalue weighted by Gasteiger charge is 2.31. The van der Waals surface area contributed by atoms with Gasteiger partial charge in [0.05, 0.1) is 5.56 Å². The van der Waals surface area contributed by atoms with Crippen molar-refractivity contribution in [2.24, 2.45) is 0 Å². The van der Waals surface area contributed by atoms with Crippen LogP contribution in [-0.4, -0.2) is 5.91 Å². The number of benzene rings is 1. The standard InChI is InChI=1S/C11H11BrF3NO/c1-2-3-10(17)16-9-5-7(11(13,14)15)4-8(12)6-9/h4-6H,2-3H2,1H3,(H,16,17). The van der Waals surface area contributed by atoms with Crippen LogP contribution in [0.1, 0.15) is 25.3 Å². The van der Waals surface area contributed by atoms with Crippen LogP contribution >= 0.6 is 15.9 Å². The Hall–Kier alpha value is -1.04. The summed E-state index contributed by atoms with van der Waals surface area (Å²) in [5.74, 6) is -0.293. The van der Waals surface area contributed by atoms with E-state index in [0.29, 0.717) is 6.42 Å². The average molecular weight is 310 g/mol. The van der Waals surface area contributed by atoms with Gasteiger partial charge in [-0.2, -0.15) is 13.2 Å². The van der Waals surface area contributed by atoms with Gasteiger partial charge in [0.1, 0.15) is 0 Å². The largest absolute Gasteiger partial charge is 0.416 e. The lowest BCUT2D eigenvalue weighted by Gasteiger charge is -2.10. The quantitative estimate of drug-likeness (QED) is 0.890. The van der Waals surface area contributed by atoms with E-state index in [1.165, 1.54) is 6.07 Å². The molecular weight excluding hydrogens is 299 g/mol. The molecule has 0 aliphatic heterocycles. The van der Waals surface area contributed by atoms with Gasteiger partial charge in [0, 0.05) is 16.6 Å². The second-order valence-corrected chi connectivity index (χ2v) is 4.44. The molecule has 0 spiro atoms. The van der Waals surface area contributed by atoms with Crippen molar-refractivity contribution in [3.8, 4) is 0 Å². The van der Waals surface area contributed by atoms with Crippen LogP contribution in [0.25, 0.3) is 0 Å². The van der Waals surface area contributed by atoms with Gasteiger partial charge in [-0.05, 0) is 24.6 Å². The van der Waals surface area contributed by atoms with Crippen LogP contribution in [0, 0.1) is 0 Å². The molecule has 0 heterocycles. The van der Waals surface area contributed by atoms with Gasteiger partial charge in [-0.25, -0.2) is 0 Å². The molecule has 17 heavy (non-hydrogen) atoms. The van der Waals surface area contributed by atoms with Crippen LogP contribution < -0.4 is 5.32 Å². The summed E-state index contributed by atoms with van der Waals surface area (Å²) < 4.78 is 37.8. The summed E-state index contributed by atoms with van der Waals surface area (Å²) in [7, 11) is 0. The van der Waals surface area contributed by atoms with Crippen LogP contribution in [0.3, 0.4) is 0 Å². The molecule has 0 saturated carbocycles. The molecule has 1 amide bonds. The molecule has 0 aliphatic carbocycles. The van der Waals surface area contributed by atoms with Crippen molar-refractivity contribution in [1.82, 2.24) is 0 Å². The van der Waals surface area contributed by atoms with Gasteiger partial charge in [-0.3, -0.25) is 4.79 Å². The number of carbonyl (C=O) groups is 1. The number of nitrogens with one attached hydrogen (secondary N) is 1. The summed E-state index contributed by atoms with van der Waals surface area (Å²) >= 11 is 2.98. The first-order valence-electron chi connectivity index (χ1n) is 5.00. The number of hydrogen-bond acceptors (Lipinski definition) is 1. The van der Waals surface area contributed by atoms with Gasteiger partial charge < -0.3 is 5.32 Å². The lowest BCUT2D eigenvalue weighted by Crippen LogP contribution is -2.12. The van der Waals surface area contributed by atoms with E-state index in [4.69, 9.17) is 0 Å². The van der Waals surface area contributed by atoms with Gasteiger partial charge in [0.25, 0.3) is 0 Å². The predicted molar refractivity (Wildman–Crippen MR) is 62.7 cm³/mol. The summed E-state index contributed by atoms with van der Waals surface area (Å²) in [6, 6.07) is 3.32. The summed E-state index contributed by atoms with van der Waals surface area (Å²) in [6.45, 7) is 1.82. The van der Waals surface area contributed by atoms with E-state index in [1.54, 1.807) is 0 Å². The zero-order valence-electron chi connectivity index (χ0n) is 9.07. The molecule has 0 aromatic heterocycles. The van der Waals surface area contributed by atoms with Crippen molar-refractivity contribution in [1.29, 1.82) is 0 Å². The van der Waals surface area contributed by atoms with E-state index in [2.05, 4.69) is 21.2 Å². The van der Waals surface area contributed by atoms with E-state index >= 15 is 0 Å². The summed E-state index contributed by atoms with van der Waals surface area (Å²) in [6.07, 6.45) is -3.49. The average Bonchev–Trinajstić information content (AvgIpc) is 2.15. The fraction of sp³-hybridized carbons (Fsp3) is 0.364. The fourth-order valence-electron chi connectivity index (χ4n) is 1.28. The molecule has 0 unspecified atom stereocenters. The highest BCUT2D eigenvalue weighted by atomic mass is 79.9. The molecule has 1 aromatic rings. The fourth-order valence-corrected chi connectivity index (χ4v) is 1.77. The smallest absolute Gasteiger partial charge is 0.326 e. The first-order valence-corrected chi connectivity index (χ1v) is 5.80. The van der Waals surface area contributed by atoms with E-state index in [9.17, 15) is 18.0 Å². The van der Waals surface area contributed by atoms with Crippen LogP contribution in [0.4, 0.5) is 18.9 Å². The Morgan fingerprint density at radius 1 is 1.35 bits per heavy atom. The van der Waals surface area contributed by atoms with Crippen molar-refractivity contribution in [2.75, 3.05) is 5.32 Å². The maximum atomic E-state index is 12.5. The molecule has 0 radical (unpaired) electrons. The molecule has 0 aliphatic rings. The number of anilines is 1. The van der Waals surface area contributed by atoms with Crippen LogP contribution in [0.5, 0.6) is 0 Å². The highest BCUT2D eigenvalue weighted by Crippen LogP contribution is 2.33. The Morgan fingerprint density at radius 3 is 2.53 bits per heavy atom. The zero-order valence-corrected chi connectivity index (χ0v) is 10.7. The minimum absolute atomic E-state index is 0.144. The summed E-state index contributed by atoms with van der Waals surface area (Å²) in [5.41, 5.74) is -0.649. The van der Waals surface area contributed by atoms with Crippen molar-refractivity contribution in [3.05, 3.63) is 28.2 Å². The van der Waals surface area contributed by atoms with E-state index in [0.717, 1.165) is 12.1 Å². The maximum Gasteiger partial charge on any atom is 0.416 e. The molecule has 0 atom stereocenters. The minimum atomic E-state index is -4.42. The van der Waals surface area contributed by atoms with Gasteiger partial charge in [0.15, 0.2) is 0 Å². The minimum Gasteiger partial charge on any atom is -0.326 e. The number of amides is 1. The molecule has 0 bridgehead atoms. The third-order valence-electron chi connectivity index (χ3n) is 1.99. The molecule has 0 fully saturated rings. The molecule has 2 nitrogen and oxygen atoms in total. The topological polar surface area (TPSA) is 29.1 Å². The first kappa shape index (κ1) is 14.0. The first-order chi connectivity index (χ1) is 7.82. The zero-order chi connectivity index (χ0) is 13.1. The summed E-state index contributed by atoms with van der Waals surface area (Å²) in [5, 5.41) is 2.43. The van der Waals surface area contributed by atoms with E-state index in [-0.39, 0.29) is 22.5 Å². The molecule has 1 N–H and O–H groups in total. The van der Waals surface area contributed by atoms with E-state index < -0.39 is 11.7 Å². The van der Waals surface area contributed by atoms with Crippen LogP contribution in [-0.2, 0) is 11.0 Å². The Balaban J connectivity index is 2.94. The monoisotopic (exact) mass is 309 g/mol. The van der Waals surface area contributed by atoms with Crippen LogP contribution in [0.2, 0.25) is 0 Å². The third kappa shape index (κ3) is 4.38. The molecule has 1 aromatic carbocycles. The summed E-state index contributed by atoms with van der Waals surface area (Å²) in [4.78, 5) is 11.3.